The van der Waals surface area contributed by atoms with Crippen molar-refractivity contribution in [1.29, 1.82) is 0 Å². The largest absolute Gasteiger partial charge is 0.289 e. The van der Waals surface area contributed by atoms with E-state index in [0.717, 1.165) is 16.3 Å². The number of halogens is 2. The van der Waals surface area contributed by atoms with E-state index in [1.54, 1.807) is 18.2 Å². The van der Waals surface area contributed by atoms with Gasteiger partial charge in [0, 0.05) is 16.1 Å². The first kappa shape index (κ1) is 14.1. The van der Waals surface area contributed by atoms with E-state index in [0.29, 0.717) is 21.2 Å². The maximum absolute atomic E-state index is 12.9. The molecule has 104 valence electrons. The monoisotopic (exact) mass is 314 g/mol. The van der Waals surface area contributed by atoms with Crippen LogP contribution in [-0.4, -0.2) is 5.78 Å². The number of ketones is 1. The molecule has 0 aliphatic carbocycles. The summed E-state index contributed by atoms with van der Waals surface area (Å²) in [4.78, 5) is 12.9. The fraction of sp³-hybridized carbons (Fsp3) is 0.0556. The Kier molecular flexibility index (Phi) is 3.71. The molecule has 0 unspecified atom stereocenters. The van der Waals surface area contributed by atoms with Crippen LogP contribution in [0.4, 0.5) is 0 Å². The Morgan fingerprint density at radius 1 is 0.952 bits per heavy atom. The lowest BCUT2D eigenvalue weighted by atomic mass is 9.93. The zero-order valence-corrected chi connectivity index (χ0v) is 12.9. The Morgan fingerprint density at radius 3 is 2.48 bits per heavy atom. The number of aryl methyl sites for hydroxylation is 1. The molecule has 1 nitrogen and oxygen atoms in total. The van der Waals surface area contributed by atoms with Crippen molar-refractivity contribution in [1.82, 2.24) is 0 Å². The van der Waals surface area contributed by atoms with Gasteiger partial charge in [0.05, 0.1) is 5.02 Å². The third kappa shape index (κ3) is 2.55. The van der Waals surface area contributed by atoms with Gasteiger partial charge in [-0.3, -0.25) is 4.79 Å². The van der Waals surface area contributed by atoms with E-state index >= 15 is 0 Å². The molecule has 0 aliphatic rings. The van der Waals surface area contributed by atoms with Gasteiger partial charge in [0.2, 0.25) is 0 Å². The molecule has 0 saturated heterocycles. The van der Waals surface area contributed by atoms with E-state index in [1.807, 2.05) is 43.3 Å². The van der Waals surface area contributed by atoms with Crippen molar-refractivity contribution in [3.8, 4) is 0 Å². The van der Waals surface area contributed by atoms with Gasteiger partial charge in [-0.05, 0) is 41.5 Å². The number of carbonyl (C=O) groups excluding carboxylic acids is 1. The molecule has 0 N–H and O–H groups in total. The Morgan fingerprint density at radius 2 is 1.71 bits per heavy atom. The number of fused-ring (bicyclic) bond motifs is 1. The van der Waals surface area contributed by atoms with Gasteiger partial charge in [-0.15, -0.1) is 0 Å². The van der Waals surface area contributed by atoms with Crippen LogP contribution in [0.25, 0.3) is 10.8 Å². The summed E-state index contributed by atoms with van der Waals surface area (Å²) >= 11 is 12.1. The second-order valence-electron chi connectivity index (χ2n) is 4.93. The third-order valence-electron chi connectivity index (χ3n) is 3.54. The zero-order chi connectivity index (χ0) is 15.0. The van der Waals surface area contributed by atoms with E-state index in [4.69, 9.17) is 23.2 Å². The topological polar surface area (TPSA) is 17.1 Å². The third-order valence-corrected chi connectivity index (χ3v) is 4.09. The van der Waals surface area contributed by atoms with Crippen molar-refractivity contribution in [2.45, 2.75) is 6.92 Å². The summed E-state index contributed by atoms with van der Waals surface area (Å²) < 4.78 is 0. The molecule has 3 heteroatoms. The lowest BCUT2D eigenvalue weighted by Crippen LogP contribution is -2.05. The summed E-state index contributed by atoms with van der Waals surface area (Å²) in [5.74, 6) is -0.0778. The molecule has 0 saturated carbocycles. The number of hydrogen-bond donors (Lipinski definition) is 0. The van der Waals surface area contributed by atoms with Crippen molar-refractivity contribution in [2.24, 2.45) is 0 Å². The maximum Gasteiger partial charge on any atom is 0.195 e. The molecule has 0 atom stereocenters. The Balaban J connectivity index is 2.24. The van der Waals surface area contributed by atoms with Crippen LogP contribution in [0.3, 0.4) is 0 Å². The predicted molar refractivity (Wildman–Crippen MR) is 88.6 cm³/mol. The zero-order valence-electron chi connectivity index (χ0n) is 11.4. The number of carbonyl (C=O) groups is 1. The smallest absolute Gasteiger partial charge is 0.195 e. The van der Waals surface area contributed by atoms with Crippen molar-refractivity contribution in [2.75, 3.05) is 0 Å². The highest BCUT2D eigenvalue weighted by atomic mass is 35.5. The lowest BCUT2D eigenvalue weighted by molar-refractivity contribution is 0.104. The number of hydrogen-bond acceptors (Lipinski definition) is 1. The minimum absolute atomic E-state index is 0.0778. The molecular formula is C18H12Cl2O. The molecule has 21 heavy (non-hydrogen) atoms. The normalized spacial score (nSPS) is 10.8. The van der Waals surface area contributed by atoms with Gasteiger partial charge in [0.15, 0.2) is 5.78 Å². The van der Waals surface area contributed by atoms with E-state index in [-0.39, 0.29) is 5.78 Å². The number of benzene rings is 3. The van der Waals surface area contributed by atoms with Gasteiger partial charge in [-0.1, -0.05) is 59.6 Å². The molecule has 0 fully saturated rings. The van der Waals surface area contributed by atoms with Crippen LogP contribution in [0, 0.1) is 6.92 Å². The molecule has 0 radical (unpaired) electrons. The minimum Gasteiger partial charge on any atom is -0.289 e. The van der Waals surface area contributed by atoms with Crippen molar-refractivity contribution in [3.63, 3.8) is 0 Å². The molecule has 0 amide bonds. The van der Waals surface area contributed by atoms with Crippen LogP contribution in [0.15, 0.2) is 54.6 Å². The highest BCUT2D eigenvalue weighted by Crippen LogP contribution is 2.28. The van der Waals surface area contributed by atoms with Crippen molar-refractivity contribution >= 4 is 39.8 Å². The van der Waals surface area contributed by atoms with Crippen molar-refractivity contribution in [3.05, 3.63) is 81.3 Å². The van der Waals surface area contributed by atoms with Crippen LogP contribution in [0.2, 0.25) is 10.0 Å². The summed E-state index contributed by atoms with van der Waals surface area (Å²) in [6.45, 7) is 1.93. The maximum atomic E-state index is 12.9. The first-order chi connectivity index (χ1) is 10.1. The van der Waals surface area contributed by atoms with E-state index in [2.05, 4.69) is 0 Å². The Hall–Kier alpha value is -1.83. The van der Waals surface area contributed by atoms with Gasteiger partial charge < -0.3 is 0 Å². The second-order valence-corrected chi connectivity index (χ2v) is 5.78. The van der Waals surface area contributed by atoms with Crippen LogP contribution in [-0.2, 0) is 0 Å². The van der Waals surface area contributed by atoms with Crippen LogP contribution < -0.4 is 0 Å². The summed E-state index contributed by atoms with van der Waals surface area (Å²) in [7, 11) is 0. The van der Waals surface area contributed by atoms with Gasteiger partial charge >= 0.3 is 0 Å². The van der Waals surface area contributed by atoms with E-state index < -0.39 is 0 Å². The second kappa shape index (κ2) is 5.51. The average molecular weight is 315 g/mol. The summed E-state index contributed by atoms with van der Waals surface area (Å²) in [6.07, 6.45) is 0. The molecule has 3 rings (SSSR count). The van der Waals surface area contributed by atoms with E-state index in [9.17, 15) is 4.79 Å². The highest BCUT2D eigenvalue weighted by molar-refractivity contribution is 6.38. The van der Waals surface area contributed by atoms with Crippen molar-refractivity contribution < 1.29 is 4.79 Å². The molecule has 3 aromatic rings. The highest BCUT2D eigenvalue weighted by Gasteiger charge is 2.17. The predicted octanol–water partition coefficient (Wildman–Crippen LogP) is 5.69. The number of rotatable bonds is 2. The molecule has 3 aromatic carbocycles. The van der Waals surface area contributed by atoms with Gasteiger partial charge in [0.25, 0.3) is 0 Å². The summed E-state index contributed by atoms with van der Waals surface area (Å²) in [5, 5.41) is 2.87. The molecule has 0 spiro atoms. The van der Waals surface area contributed by atoms with Crippen LogP contribution >= 0.6 is 23.2 Å². The quantitative estimate of drug-likeness (QED) is 0.556. The summed E-state index contributed by atoms with van der Waals surface area (Å²) in [5.41, 5.74) is 2.10. The molecule has 0 aliphatic heterocycles. The molecule has 0 aromatic heterocycles. The Labute approximate surface area is 133 Å². The first-order valence-corrected chi connectivity index (χ1v) is 7.31. The summed E-state index contributed by atoms with van der Waals surface area (Å²) in [6, 6.07) is 16.8. The standard InChI is InChI=1S/C18H12Cl2O/c1-11-6-7-12-4-2-3-5-14(12)17(11)18(21)15-9-8-13(19)10-16(15)20/h2-10H,1H3. The van der Waals surface area contributed by atoms with Crippen LogP contribution in [0.5, 0.6) is 0 Å². The van der Waals surface area contributed by atoms with Gasteiger partial charge in [-0.25, -0.2) is 0 Å². The average Bonchev–Trinajstić information content (AvgIpc) is 2.46. The van der Waals surface area contributed by atoms with Gasteiger partial charge in [0.1, 0.15) is 0 Å². The Bertz CT molecular complexity index is 853. The first-order valence-electron chi connectivity index (χ1n) is 6.56. The lowest BCUT2D eigenvalue weighted by Gasteiger charge is -2.10. The molecular weight excluding hydrogens is 303 g/mol. The van der Waals surface area contributed by atoms with Crippen LogP contribution in [0.1, 0.15) is 21.5 Å². The minimum atomic E-state index is -0.0778. The fourth-order valence-corrected chi connectivity index (χ4v) is 2.98. The molecule has 0 heterocycles. The SMILES string of the molecule is Cc1ccc2ccccc2c1C(=O)c1ccc(Cl)cc1Cl. The van der Waals surface area contributed by atoms with Gasteiger partial charge in [-0.2, -0.15) is 0 Å². The fourth-order valence-electron chi connectivity index (χ4n) is 2.49. The van der Waals surface area contributed by atoms with E-state index in [1.165, 1.54) is 0 Å². The molecule has 0 bridgehead atoms.